The lowest BCUT2D eigenvalue weighted by molar-refractivity contribution is 0.00802. The van der Waals surface area contributed by atoms with Gasteiger partial charge in [0.2, 0.25) is 0 Å². The maximum absolute atomic E-state index is 12.3. The number of amides is 1. The maximum Gasteiger partial charge on any atom is 0.269 e. The van der Waals surface area contributed by atoms with E-state index in [-0.39, 0.29) is 11.9 Å². The summed E-state index contributed by atoms with van der Waals surface area (Å²) >= 11 is 0. The van der Waals surface area contributed by atoms with E-state index in [0.29, 0.717) is 17.7 Å². The molecule has 1 aromatic heterocycles. The second-order valence-corrected chi connectivity index (χ2v) is 6.21. The zero-order valence-electron chi connectivity index (χ0n) is 12.5. The Morgan fingerprint density at radius 3 is 2.95 bits per heavy atom. The lowest BCUT2D eigenvalue weighted by atomic mass is 9.76. The quantitative estimate of drug-likeness (QED) is 0.913. The topological polar surface area (TPSA) is 67.0 Å². The Labute approximate surface area is 129 Å². The number of benzene rings is 1. The van der Waals surface area contributed by atoms with E-state index in [9.17, 15) is 4.79 Å². The van der Waals surface area contributed by atoms with Gasteiger partial charge in [0, 0.05) is 24.1 Å². The minimum absolute atomic E-state index is 0.0822. The van der Waals surface area contributed by atoms with Gasteiger partial charge in [0.1, 0.15) is 5.69 Å². The Hall–Kier alpha value is -2.14. The SMILES string of the molecule is Cc1ccc(-c2cc(C(=O)N[C@H]3C[C@@H]4OCC[C@H]34)[nH]n2)cc1. The minimum atomic E-state index is -0.0822. The van der Waals surface area contributed by atoms with E-state index in [2.05, 4.69) is 15.5 Å². The third-order valence-corrected chi connectivity index (χ3v) is 4.75. The number of nitrogens with one attached hydrogen (secondary N) is 2. The molecule has 114 valence electrons. The van der Waals surface area contributed by atoms with Crippen LogP contribution in [0, 0.1) is 12.8 Å². The third kappa shape index (κ3) is 2.31. The van der Waals surface area contributed by atoms with Crippen LogP contribution in [-0.4, -0.2) is 34.9 Å². The molecule has 1 saturated carbocycles. The minimum Gasteiger partial charge on any atom is -0.378 e. The van der Waals surface area contributed by atoms with Crippen molar-refractivity contribution in [2.24, 2.45) is 5.92 Å². The van der Waals surface area contributed by atoms with Crippen molar-refractivity contribution in [2.45, 2.75) is 31.9 Å². The predicted molar refractivity (Wildman–Crippen MR) is 82.5 cm³/mol. The van der Waals surface area contributed by atoms with E-state index in [4.69, 9.17) is 4.74 Å². The summed E-state index contributed by atoms with van der Waals surface area (Å²) in [5.74, 6) is 0.407. The zero-order chi connectivity index (χ0) is 15.1. The second-order valence-electron chi connectivity index (χ2n) is 6.21. The average Bonchev–Trinajstić information content (AvgIpc) is 3.12. The molecule has 2 fully saturated rings. The number of aromatic nitrogens is 2. The van der Waals surface area contributed by atoms with Crippen LogP contribution in [0.25, 0.3) is 11.3 Å². The molecule has 3 atom stereocenters. The number of carbonyl (C=O) groups excluding carboxylic acids is 1. The number of aromatic amines is 1. The van der Waals surface area contributed by atoms with Gasteiger partial charge in [0.05, 0.1) is 11.8 Å². The van der Waals surface area contributed by atoms with Crippen LogP contribution in [0.15, 0.2) is 30.3 Å². The number of rotatable bonds is 3. The lowest BCUT2D eigenvalue weighted by Gasteiger charge is -2.39. The lowest BCUT2D eigenvalue weighted by Crippen LogP contribution is -2.53. The number of hydrogen-bond donors (Lipinski definition) is 2. The highest BCUT2D eigenvalue weighted by atomic mass is 16.5. The van der Waals surface area contributed by atoms with Crippen molar-refractivity contribution >= 4 is 5.91 Å². The first-order chi connectivity index (χ1) is 10.7. The molecule has 22 heavy (non-hydrogen) atoms. The largest absolute Gasteiger partial charge is 0.378 e. The molecule has 0 unspecified atom stereocenters. The number of ether oxygens (including phenoxy) is 1. The molecule has 0 spiro atoms. The van der Waals surface area contributed by atoms with Crippen LogP contribution in [0.2, 0.25) is 0 Å². The van der Waals surface area contributed by atoms with Crippen molar-refractivity contribution in [1.29, 1.82) is 0 Å². The molecular formula is C17H19N3O2. The zero-order valence-corrected chi connectivity index (χ0v) is 12.5. The first-order valence-electron chi connectivity index (χ1n) is 7.75. The summed E-state index contributed by atoms with van der Waals surface area (Å²) in [5, 5.41) is 10.2. The molecule has 0 radical (unpaired) electrons. The molecule has 0 bridgehead atoms. The van der Waals surface area contributed by atoms with E-state index < -0.39 is 0 Å². The van der Waals surface area contributed by atoms with Gasteiger partial charge >= 0.3 is 0 Å². The van der Waals surface area contributed by atoms with Crippen LogP contribution in [-0.2, 0) is 4.74 Å². The molecule has 2 heterocycles. The normalized spacial score (nSPS) is 26.3. The molecule has 1 aliphatic heterocycles. The van der Waals surface area contributed by atoms with Gasteiger partial charge in [-0.05, 0) is 25.8 Å². The van der Waals surface area contributed by atoms with Gasteiger partial charge in [-0.15, -0.1) is 0 Å². The number of hydrogen-bond acceptors (Lipinski definition) is 3. The molecule has 1 saturated heterocycles. The van der Waals surface area contributed by atoms with Crippen molar-refractivity contribution in [3.8, 4) is 11.3 Å². The van der Waals surface area contributed by atoms with Crippen molar-refractivity contribution in [2.75, 3.05) is 6.61 Å². The van der Waals surface area contributed by atoms with Crippen LogP contribution in [0.5, 0.6) is 0 Å². The number of carbonyl (C=O) groups is 1. The van der Waals surface area contributed by atoms with E-state index in [1.807, 2.05) is 31.2 Å². The molecule has 5 nitrogen and oxygen atoms in total. The van der Waals surface area contributed by atoms with Gasteiger partial charge in [-0.2, -0.15) is 5.10 Å². The van der Waals surface area contributed by atoms with Gasteiger partial charge in [0.25, 0.3) is 5.91 Å². The first-order valence-corrected chi connectivity index (χ1v) is 7.75. The number of fused-ring (bicyclic) bond motifs is 1. The van der Waals surface area contributed by atoms with Crippen LogP contribution in [0.3, 0.4) is 0 Å². The smallest absolute Gasteiger partial charge is 0.269 e. The van der Waals surface area contributed by atoms with E-state index in [1.165, 1.54) is 5.56 Å². The van der Waals surface area contributed by atoms with Gasteiger partial charge in [-0.25, -0.2) is 0 Å². The van der Waals surface area contributed by atoms with Crippen LogP contribution in [0.1, 0.15) is 28.9 Å². The summed E-state index contributed by atoms with van der Waals surface area (Å²) in [5.41, 5.74) is 3.52. The molecule has 2 aliphatic rings. The standard InChI is InChI=1S/C17H19N3O2/c1-10-2-4-11(5-3-10)13-8-15(20-19-13)17(21)18-14-9-16-12(14)6-7-22-16/h2-5,8,12,14,16H,6-7,9H2,1H3,(H,18,21)(H,19,20)/t12-,14+,16+/m1/s1. The van der Waals surface area contributed by atoms with Gasteiger partial charge in [-0.1, -0.05) is 29.8 Å². The molecule has 2 N–H and O–H groups in total. The molecule has 1 aliphatic carbocycles. The highest BCUT2D eigenvalue weighted by Crippen LogP contribution is 2.38. The van der Waals surface area contributed by atoms with Crippen molar-refractivity contribution in [3.63, 3.8) is 0 Å². The summed E-state index contributed by atoms with van der Waals surface area (Å²) in [6, 6.07) is 10.2. The summed E-state index contributed by atoms with van der Waals surface area (Å²) in [6.07, 6.45) is 2.33. The highest BCUT2D eigenvalue weighted by molar-refractivity contribution is 5.93. The number of nitrogens with zero attached hydrogens (tertiary/aromatic N) is 1. The summed E-state index contributed by atoms with van der Waals surface area (Å²) in [6.45, 7) is 2.87. The van der Waals surface area contributed by atoms with E-state index in [1.54, 1.807) is 6.07 Å². The Kier molecular flexibility index (Phi) is 3.22. The van der Waals surface area contributed by atoms with Crippen LogP contribution < -0.4 is 5.32 Å². The maximum atomic E-state index is 12.3. The van der Waals surface area contributed by atoms with Crippen molar-refractivity contribution in [3.05, 3.63) is 41.6 Å². The Balaban J connectivity index is 1.44. The van der Waals surface area contributed by atoms with Crippen molar-refractivity contribution in [1.82, 2.24) is 15.5 Å². The van der Waals surface area contributed by atoms with Crippen LogP contribution >= 0.6 is 0 Å². The van der Waals surface area contributed by atoms with Gasteiger partial charge < -0.3 is 10.1 Å². The van der Waals surface area contributed by atoms with E-state index >= 15 is 0 Å². The fourth-order valence-electron chi connectivity index (χ4n) is 3.32. The Bertz CT molecular complexity index is 692. The molecule has 4 rings (SSSR count). The molecular weight excluding hydrogens is 278 g/mol. The van der Waals surface area contributed by atoms with Gasteiger partial charge in [-0.3, -0.25) is 9.89 Å². The summed E-state index contributed by atoms with van der Waals surface area (Å²) in [4.78, 5) is 12.3. The van der Waals surface area contributed by atoms with E-state index in [0.717, 1.165) is 30.7 Å². The number of H-pyrrole nitrogens is 1. The first kappa shape index (κ1) is 13.5. The Morgan fingerprint density at radius 1 is 1.36 bits per heavy atom. The fraction of sp³-hybridized carbons (Fsp3) is 0.412. The number of aryl methyl sites for hydroxylation is 1. The van der Waals surface area contributed by atoms with Crippen molar-refractivity contribution < 1.29 is 9.53 Å². The molecule has 2 aromatic rings. The predicted octanol–water partition coefficient (Wildman–Crippen LogP) is 2.29. The third-order valence-electron chi connectivity index (χ3n) is 4.75. The van der Waals surface area contributed by atoms with Crippen LogP contribution in [0.4, 0.5) is 0 Å². The monoisotopic (exact) mass is 297 g/mol. The van der Waals surface area contributed by atoms with Gasteiger partial charge in [0.15, 0.2) is 0 Å². The molecule has 5 heteroatoms. The summed E-state index contributed by atoms with van der Waals surface area (Å²) in [7, 11) is 0. The summed E-state index contributed by atoms with van der Waals surface area (Å²) < 4.78 is 5.57. The Morgan fingerprint density at radius 2 is 2.18 bits per heavy atom. The highest BCUT2D eigenvalue weighted by Gasteiger charge is 2.45. The average molecular weight is 297 g/mol. The molecule has 1 aromatic carbocycles. The molecule has 1 amide bonds. The fourth-order valence-corrected chi connectivity index (χ4v) is 3.32. The second kappa shape index (κ2) is 5.25.